The molecule has 220 valence electrons. The molecule has 1 amide bonds. The van der Waals surface area contributed by atoms with Crippen molar-refractivity contribution in [2.24, 2.45) is 5.92 Å². The van der Waals surface area contributed by atoms with E-state index < -0.39 is 48.3 Å². The summed E-state index contributed by atoms with van der Waals surface area (Å²) in [6.45, 7) is 3.55. The van der Waals surface area contributed by atoms with Gasteiger partial charge < -0.3 is 29.0 Å². The lowest BCUT2D eigenvalue weighted by Crippen LogP contribution is -2.45. The molecule has 3 aromatic carbocycles. The van der Waals surface area contributed by atoms with Crippen LogP contribution in [-0.2, 0) is 41.5 Å². The van der Waals surface area contributed by atoms with Crippen molar-refractivity contribution in [1.82, 2.24) is 5.32 Å². The van der Waals surface area contributed by atoms with Gasteiger partial charge in [0.1, 0.15) is 25.4 Å². The van der Waals surface area contributed by atoms with Gasteiger partial charge >= 0.3 is 12.1 Å². The van der Waals surface area contributed by atoms with Crippen LogP contribution in [0.1, 0.15) is 41.8 Å². The molecule has 3 aromatic rings. The topological polar surface area (TPSA) is 109 Å². The fourth-order valence-corrected chi connectivity index (χ4v) is 5.24. The fraction of sp³-hybridized carbons (Fsp3) is 0.364. The zero-order valence-corrected chi connectivity index (χ0v) is 23.6. The van der Waals surface area contributed by atoms with Crippen LogP contribution >= 0.6 is 0 Å². The Morgan fingerprint density at radius 2 is 1.45 bits per heavy atom. The number of hydrogen-bond acceptors (Lipinski definition) is 8. The summed E-state index contributed by atoms with van der Waals surface area (Å²) in [4.78, 5) is 39.2. The lowest BCUT2D eigenvalue weighted by molar-refractivity contribution is -0.213. The molecule has 2 aliphatic heterocycles. The van der Waals surface area contributed by atoms with Crippen LogP contribution < -0.4 is 5.32 Å². The van der Waals surface area contributed by atoms with Crippen LogP contribution in [0.5, 0.6) is 0 Å². The van der Waals surface area contributed by atoms with Crippen LogP contribution in [0.3, 0.4) is 0 Å². The molecule has 5 rings (SSSR count). The predicted molar refractivity (Wildman–Crippen MR) is 152 cm³/mol. The van der Waals surface area contributed by atoms with E-state index in [2.05, 4.69) is 5.32 Å². The second-order valence-electron chi connectivity index (χ2n) is 10.9. The molecule has 2 fully saturated rings. The van der Waals surface area contributed by atoms with E-state index in [1.165, 1.54) is 0 Å². The first-order valence-corrected chi connectivity index (χ1v) is 14.0. The molecule has 9 nitrogen and oxygen atoms in total. The Morgan fingerprint density at radius 3 is 2.12 bits per heavy atom. The van der Waals surface area contributed by atoms with E-state index in [1.54, 1.807) is 38.1 Å². The molecule has 5 atom stereocenters. The molecule has 0 aliphatic carbocycles. The van der Waals surface area contributed by atoms with Crippen LogP contribution in [0.2, 0.25) is 0 Å². The highest BCUT2D eigenvalue weighted by Gasteiger charge is 2.55. The number of carbonyl (C=O) groups excluding carboxylic acids is 3. The van der Waals surface area contributed by atoms with Gasteiger partial charge in [-0.1, -0.05) is 78.9 Å². The third-order valence-electron chi connectivity index (χ3n) is 7.30. The van der Waals surface area contributed by atoms with Gasteiger partial charge in [0.05, 0.1) is 11.6 Å². The quantitative estimate of drug-likeness (QED) is 0.325. The van der Waals surface area contributed by atoms with Gasteiger partial charge in [-0.25, -0.2) is 9.59 Å². The first-order chi connectivity index (χ1) is 20.3. The van der Waals surface area contributed by atoms with Crippen molar-refractivity contribution in [2.75, 3.05) is 6.61 Å². The Hall–Kier alpha value is -4.05. The molecule has 1 unspecified atom stereocenters. The van der Waals surface area contributed by atoms with Gasteiger partial charge in [-0.15, -0.1) is 0 Å². The number of amides is 1. The Bertz CT molecular complexity index is 1350. The summed E-state index contributed by atoms with van der Waals surface area (Å²) in [5.41, 5.74) is 2.13. The van der Waals surface area contributed by atoms with E-state index in [0.717, 1.165) is 11.1 Å². The van der Waals surface area contributed by atoms with Crippen molar-refractivity contribution in [3.63, 3.8) is 0 Å². The molecule has 2 saturated heterocycles. The van der Waals surface area contributed by atoms with Gasteiger partial charge in [0.25, 0.3) is 0 Å². The lowest BCUT2D eigenvalue weighted by Gasteiger charge is -2.26. The van der Waals surface area contributed by atoms with Crippen LogP contribution in [0.15, 0.2) is 91.0 Å². The smallest absolute Gasteiger partial charge is 0.408 e. The van der Waals surface area contributed by atoms with E-state index in [1.807, 2.05) is 66.7 Å². The van der Waals surface area contributed by atoms with Crippen molar-refractivity contribution in [1.29, 1.82) is 0 Å². The van der Waals surface area contributed by atoms with Crippen molar-refractivity contribution < 1.29 is 38.1 Å². The zero-order chi connectivity index (χ0) is 29.5. The van der Waals surface area contributed by atoms with Gasteiger partial charge in [0.2, 0.25) is 0 Å². The standard InChI is InChI=1S/C33H35NO8/c1-33(2)41-29-25(28(40-31(29)42-33)21-38-30(36)24-16-10-5-11-17-24)19-27(35)26(18-22-12-6-3-7-13-22)34-32(37)39-20-23-14-8-4-9-15-23/h3-17,25-26,28-29,31H,18-21H2,1-2H3,(H,34,37)/t25?,26-,28+,29-,31+/m0/s1. The molecule has 0 aromatic heterocycles. The fourth-order valence-electron chi connectivity index (χ4n) is 5.24. The van der Waals surface area contributed by atoms with E-state index in [-0.39, 0.29) is 31.8 Å². The summed E-state index contributed by atoms with van der Waals surface area (Å²) in [6.07, 6.45) is -2.32. The number of nitrogens with one attached hydrogen (secondary N) is 1. The van der Waals surface area contributed by atoms with Gasteiger partial charge in [-0.05, 0) is 43.5 Å². The van der Waals surface area contributed by atoms with Crippen LogP contribution in [-0.4, -0.2) is 54.8 Å². The van der Waals surface area contributed by atoms with Crippen LogP contribution in [0.25, 0.3) is 0 Å². The average Bonchev–Trinajstić information content (AvgIpc) is 3.47. The first-order valence-electron chi connectivity index (χ1n) is 14.0. The molecule has 2 heterocycles. The van der Waals surface area contributed by atoms with Gasteiger partial charge in [-0.2, -0.15) is 0 Å². The third-order valence-corrected chi connectivity index (χ3v) is 7.30. The van der Waals surface area contributed by atoms with E-state index in [0.29, 0.717) is 5.56 Å². The molecule has 2 aliphatic rings. The van der Waals surface area contributed by atoms with E-state index in [4.69, 9.17) is 23.7 Å². The van der Waals surface area contributed by atoms with Crippen molar-refractivity contribution in [3.8, 4) is 0 Å². The molecule has 0 spiro atoms. The molecule has 42 heavy (non-hydrogen) atoms. The number of fused-ring (bicyclic) bond motifs is 1. The maximum Gasteiger partial charge on any atom is 0.408 e. The van der Waals surface area contributed by atoms with Crippen LogP contribution in [0.4, 0.5) is 4.79 Å². The second kappa shape index (κ2) is 13.3. The minimum atomic E-state index is -0.898. The van der Waals surface area contributed by atoms with E-state index >= 15 is 0 Å². The summed E-state index contributed by atoms with van der Waals surface area (Å²) < 4.78 is 29.1. The first kappa shape index (κ1) is 29.4. The SMILES string of the molecule is CC1(C)O[C@H]2O[C@H](COC(=O)c3ccccc3)C(CC(=O)[C@H](Cc3ccccc3)NC(=O)OCc3ccccc3)[C@@H]2O1. The maximum atomic E-state index is 13.8. The predicted octanol–water partition coefficient (Wildman–Crippen LogP) is 4.83. The monoisotopic (exact) mass is 573 g/mol. The summed E-state index contributed by atoms with van der Waals surface area (Å²) >= 11 is 0. The summed E-state index contributed by atoms with van der Waals surface area (Å²) in [5.74, 6) is -2.09. The van der Waals surface area contributed by atoms with Crippen molar-refractivity contribution in [3.05, 3.63) is 108 Å². The molecule has 1 N–H and O–H groups in total. The average molecular weight is 574 g/mol. The third kappa shape index (κ3) is 7.61. The number of ether oxygens (including phenoxy) is 5. The molecule has 0 bridgehead atoms. The Balaban J connectivity index is 1.28. The number of benzene rings is 3. The molecule has 0 saturated carbocycles. The maximum absolute atomic E-state index is 13.8. The van der Waals surface area contributed by atoms with Crippen molar-refractivity contribution >= 4 is 17.8 Å². The number of alkyl carbamates (subject to hydrolysis) is 1. The number of ketones is 1. The van der Waals surface area contributed by atoms with Gasteiger partial charge in [-0.3, -0.25) is 4.79 Å². The summed E-state index contributed by atoms with van der Waals surface area (Å²) in [6, 6.07) is 26.5. The van der Waals surface area contributed by atoms with E-state index in [9.17, 15) is 14.4 Å². The number of rotatable bonds is 11. The molecular weight excluding hydrogens is 538 g/mol. The molecule has 0 radical (unpaired) electrons. The number of Topliss-reactive ketones (excluding diaryl/α,β-unsaturated/α-hetero) is 1. The minimum Gasteiger partial charge on any atom is -0.459 e. The van der Waals surface area contributed by atoms with Gasteiger partial charge in [0.15, 0.2) is 17.9 Å². The highest BCUT2D eigenvalue weighted by Crippen LogP contribution is 2.42. The number of hydrogen-bond donors (Lipinski definition) is 1. The number of carbonyl (C=O) groups is 3. The Kier molecular flexibility index (Phi) is 9.31. The largest absolute Gasteiger partial charge is 0.459 e. The van der Waals surface area contributed by atoms with Crippen molar-refractivity contribution in [2.45, 2.75) is 63.6 Å². The molecular formula is C33H35NO8. The minimum absolute atomic E-state index is 0.00459. The zero-order valence-electron chi connectivity index (χ0n) is 23.6. The molecule has 9 heteroatoms. The summed E-state index contributed by atoms with van der Waals surface area (Å²) in [7, 11) is 0. The lowest BCUT2D eigenvalue weighted by atomic mass is 9.89. The Morgan fingerprint density at radius 1 is 0.833 bits per heavy atom. The number of esters is 1. The second-order valence-corrected chi connectivity index (χ2v) is 10.9. The summed E-state index contributed by atoms with van der Waals surface area (Å²) in [5, 5.41) is 2.76. The normalized spacial score (nSPS) is 23.0. The highest BCUT2D eigenvalue weighted by molar-refractivity contribution is 5.89. The highest BCUT2D eigenvalue weighted by atomic mass is 16.8. The van der Waals surface area contributed by atoms with Gasteiger partial charge in [0, 0.05) is 12.3 Å². The van der Waals surface area contributed by atoms with Crippen LogP contribution in [0, 0.1) is 5.92 Å². The Labute approximate surface area is 245 Å².